The van der Waals surface area contributed by atoms with Gasteiger partial charge in [0.25, 0.3) is 5.91 Å². The minimum atomic E-state index is -0.0117. The van der Waals surface area contributed by atoms with Crippen molar-refractivity contribution in [3.05, 3.63) is 82.6 Å². The number of hydrogen-bond acceptors (Lipinski definition) is 6. The van der Waals surface area contributed by atoms with Gasteiger partial charge in [-0.2, -0.15) is 0 Å². The van der Waals surface area contributed by atoms with Crippen LogP contribution >= 0.6 is 0 Å². The molecule has 1 amide bonds. The highest BCUT2D eigenvalue weighted by Gasteiger charge is 2.38. The number of hydrogen-bond donors (Lipinski definition) is 0. The molecule has 37 heavy (non-hydrogen) atoms. The average Bonchev–Trinajstić information content (AvgIpc) is 3.43. The number of ether oxygens (including phenoxy) is 1. The molecule has 2 aromatic heterocycles. The van der Waals surface area contributed by atoms with Gasteiger partial charge in [0.15, 0.2) is 5.82 Å². The molecule has 1 fully saturated rings. The van der Waals surface area contributed by atoms with Gasteiger partial charge < -0.3 is 14.5 Å². The lowest BCUT2D eigenvalue weighted by molar-refractivity contribution is 0.0764. The quantitative estimate of drug-likeness (QED) is 0.465. The number of fused-ring (bicyclic) bond motifs is 4. The lowest BCUT2D eigenvalue weighted by Crippen LogP contribution is -2.39. The van der Waals surface area contributed by atoms with E-state index in [0.717, 1.165) is 72.6 Å². The number of anilines is 1. The molecular formula is C30H33N5O2. The van der Waals surface area contributed by atoms with E-state index < -0.39 is 0 Å². The van der Waals surface area contributed by atoms with Gasteiger partial charge >= 0.3 is 0 Å². The number of carbonyl (C=O) groups excluding carboxylic acids is 1. The normalized spacial score (nSPS) is 21.2. The Balaban J connectivity index is 1.40. The summed E-state index contributed by atoms with van der Waals surface area (Å²) in [5.41, 5.74) is 6.34. The summed E-state index contributed by atoms with van der Waals surface area (Å²) in [5.74, 6) is 2.15. The van der Waals surface area contributed by atoms with Crippen LogP contribution in [0.25, 0.3) is 10.9 Å². The van der Waals surface area contributed by atoms with Crippen LogP contribution in [-0.4, -0.2) is 52.6 Å². The Hall–Kier alpha value is -3.58. The van der Waals surface area contributed by atoms with E-state index in [9.17, 15) is 4.79 Å². The molecular weight excluding hydrogens is 462 g/mol. The fourth-order valence-electron chi connectivity index (χ4n) is 6.01. The summed E-state index contributed by atoms with van der Waals surface area (Å²) in [6.07, 6.45) is 8.75. The second kappa shape index (κ2) is 9.71. The summed E-state index contributed by atoms with van der Waals surface area (Å²) in [4.78, 5) is 32.2. The zero-order valence-electron chi connectivity index (χ0n) is 21.8. The van der Waals surface area contributed by atoms with Crippen molar-refractivity contribution >= 4 is 22.6 Å². The number of rotatable bonds is 6. The van der Waals surface area contributed by atoms with Gasteiger partial charge in [0.2, 0.25) is 0 Å². The second-order valence-electron chi connectivity index (χ2n) is 10.4. The number of para-hydroxylation sites is 1. The Labute approximate surface area is 217 Å². The van der Waals surface area contributed by atoms with E-state index in [4.69, 9.17) is 14.7 Å². The van der Waals surface area contributed by atoms with Gasteiger partial charge in [-0.05, 0) is 56.0 Å². The molecule has 1 saturated heterocycles. The van der Waals surface area contributed by atoms with Gasteiger partial charge in [0.1, 0.15) is 5.82 Å². The Morgan fingerprint density at radius 1 is 1.19 bits per heavy atom. The number of aromatic nitrogens is 3. The first-order chi connectivity index (χ1) is 18.0. The van der Waals surface area contributed by atoms with Crippen LogP contribution in [0.3, 0.4) is 0 Å². The van der Waals surface area contributed by atoms with E-state index in [1.807, 2.05) is 35.4 Å². The van der Waals surface area contributed by atoms with Crippen LogP contribution in [0.1, 0.15) is 60.8 Å². The number of benzene rings is 1. The largest absolute Gasteiger partial charge is 0.381 e. The number of allylic oxidation sites excluding steroid dienone is 4. The molecule has 0 spiro atoms. The molecule has 3 aliphatic rings. The number of carbonyl (C=O) groups is 1. The van der Waals surface area contributed by atoms with E-state index in [1.54, 1.807) is 6.20 Å². The number of amides is 1. The molecule has 2 atom stereocenters. The van der Waals surface area contributed by atoms with Crippen molar-refractivity contribution in [3.63, 3.8) is 0 Å². The van der Waals surface area contributed by atoms with Crippen molar-refractivity contribution in [3.8, 4) is 0 Å². The lowest BCUT2D eigenvalue weighted by atomic mass is 9.78. The molecule has 0 bridgehead atoms. The summed E-state index contributed by atoms with van der Waals surface area (Å²) in [5, 5.41) is 1.02. The minimum absolute atomic E-state index is 0.0117. The van der Waals surface area contributed by atoms with Gasteiger partial charge in [0, 0.05) is 61.1 Å². The van der Waals surface area contributed by atoms with Crippen LogP contribution in [0.5, 0.6) is 0 Å². The Morgan fingerprint density at radius 3 is 2.86 bits per heavy atom. The highest BCUT2D eigenvalue weighted by atomic mass is 16.5. The Kier molecular flexibility index (Phi) is 6.24. The highest BCUT2D eigenvalue weighted by Crippen LogP contribution is 2.44. The molecule has 2 aliphatic heterocycles. The first-order valence-electron chi connectivity index (χ1n) is 13.2. The van der Waals surface area contributed by atoms with E-state index in [1.165, 1.54) is 11.1 Å². The molecule has 1 aromatic carbocycles. The fourth-order valence-corrected chi connectivity index (χ4v) is 6.01. The van der Waals surface area contributed by atoms with Crippen LogP contribution in [0, 0.1) is 5.92 Å². The maximum Gasteiger partial charge on any atom is 0.258 e. The maximum atomic E-state index is 13.8. The van der Waals surface area contributed by atoms with E-state index in [2.05, 4.69) is 42.9 Å². The van der Waals surface area contributed by atoms with Crippen molar-refractivity contribution < 1.29 is 9.53 Å². The summed E-state index contributed by atoms with van der Waals surface area (Å²) in [6, 6.07) is 9.98. The first-order valence-corrected chi connectivity index (χ1v) is 13.2. The third-order valence-electron chi connectivity index (χ3n) is 8.02. The maximum absolute atomic E-state index is 13.8. The minimum Gasteiger partial charge on any atom is -0.381 e. The van der Waals surface area contributed by atoms with Crippen LogP contribution in [0.2, 0.25) is 0 Å². The van der Waals surface area contributed by atoms with Gasteiger partial charge in [-0.15, -0.1) is 0 Å². The molecule has 2 unspecified atom stereocenters. The van der Waals surface area contributed by atoms with E-state index >= 15 is 0 Å². The molecule has 3 aromatic rings. The Bertz CT molecular complexity index is 1420. The van der Waals surface area contributed by atoms with Gasteiger partial charge in [-0.25, -0.2) is 9.97 Å². The second-order valence-corrected chi connectivity index (χ2v) is 10.4. The van der Waals surface area contributed by atoms with Gasteiger partial charge in [-0.3, -0.25) is 9.78 Å². The summed E-state index contributed by atoms with van der Waals surface area (Å²) < 4.78 is 5.60. The molecule has 7 nitrogen and oxygen atoms in total. The van der Waals surface area contributed by atoms with E-state index in [-0.39, 0.29) is 11.8 Å². The molecule has 4 heterocycles. The van der Waals surface area contributed by atoms with Crippen LogP contribution in [0.4, 0.5) is 5.82 Å². The van der Waals surface area contributed by atoms with Crippen LogP contribution in [-0.2, 0) is 11.3 Å². The first kappa shape index (κ1) is 23.8. The molecule has 0 saturated carbocycles. The fraction of sp³-hybridized carbons (Fsp3) is 0.400. The van der Waals surface area contributed by atoms with Gasteiger partial charge in [0.05, 0.1) is 18.7 Å². The average molecular weight is 496 g/mol. The standard InChI is InChI=1S/C30H33N5O2/c1-4-21-14-24-25-15-31-11-9-22(25)30(36)35(27(24)13-19(21)2)17-28-32-26-8-6-5-7-23(26)29(33-28)34(3)16-20-10-12-37-18-20/h5-9,11,13,15,20,24H,4,10,12,14,16-18H2,1-3H3. The molecule has 6 rings (SSSR count). The van der Waals surface area contributed by atoms with E-state index in [0.29, 0.717) is 18.3 Å². The highest BCUT2D eigenvalue weighted by molar-refractivity contribution is 5.99. The Morgan fingerprint density at radius 2 is 2.05 bits per heavy atom. The topological polar surface area (TPSA) is 71.5 Å². The van der Waals surface area contributed by atoms with Crippen molar-refractivity contribution in [1.29, 1.82) is 0 Å². The molecule has 190 valence electrons. The molecule has 0 radical (unpaired) electrons. The lowest BCUT2D eigenvalue weighted by Gasteiger charge is -2.39. The van der Waals surface area contributed by atoms with Crippen molar-refractivity contribution in [1.82, 2.24) is 19.9 Å². The zero-order valence-corrected chi connectivity index (χ0v) is 21.8. The number of pyridine rings is 1. The molecule has 1 aliphatic carbocycles. The van der Waals surface area contributed by atoms with Crippen molar-refractivity contribution in [2.24, 2.45) is 5.92 Å². The molecule has 0 N–H and O–H groups in total. The summed E-state index contributed by atoms with van der Waals surface area (Å²) in [7, 11) is 2.09. The van der Waals surface area contributed by atoms with Crippen LogP contribution < -0.4 is 4.90 Å². The summed E-state index contributed by atoms with van der Waals surface area (Å²) in [6.45, 7) is 7.17. The van der Waals surface area contributed by atoms with Crippen LogP contribution in [0.15, 0.2) is 65.6 Å². The summed E-state index contributed by atoms with van der Waals surface area (Å²) >= 11 is 0. The predicted molar refractivity (Wildman–Crippen MR) is 144 cm³/mol. The zero-order chi connectivity index (χ0) is 25.5. The van der Waals surface area contributed by atoms with Crippen molar-refractivity contribution in [2.75, 3.05) is 31.7 Å². The number of nitrogens with zero attached hydrogens (tertiary/aromatic N) is 5. The SMILES string of the molecule is CCC1=C(C)C=C2C(C1)c1cnccc1C(=O)N2Cc1nc(N(C)CC2CCOC2)c2ccccc2n1. The third kappa shape index (κ3) is 4.31. The molecule has 7 heteroatoms. The monoisotopic (exact) mass is 495 g/mol. The van der Waals surface area contributed by atoms with Gasteiger partial charge in [-0.1, -0.05) is 30.2 Å². The van der Waals surface area contributed by atoms with Crippen molar-refractivity contribution in [2.45, 2.75) is 45.6 Å². The predicted octanol–water partition coefficient (Wildman–Crippen LogP) is 5.25. The smallest absolute Gasteiger partial charge is 0.258 e. The third-order valence-corrected chi connectivity index (χ3v) is 8.02.